The van der Waals surface area contributed by atoms with Crippen molar-refractivity contribution in [2.24, 2.45) is 11.7 Å². The molecule has 0 unspecified atom stereocenters. The van der Waals surface area contributed by atoms with Crippen LogP contribution in [-0.2, 0) is 10.0 Å². The van der Waals surface area contributed by atoms with Gasteiger partial charge in [0.05, 0.1) is 5.75 Å². The van der Waals surface area contributed by atoms with Gasteiger partial charge in [0, 0.05) is 19.6 Å². The van der Waals surface area contributed by atoms with Crippen molar-refractivity contribution >= 4 is 10.0 Å². The van der Waals surface area contributed by atoms with E-state index in [1.807, 2.05) is 20.8 Å². The number of nitrogens with two attached hydrogens (primary N) is 1. The molecule has 0 rings (SSSR count). The standard InChI is InChI=1S/C8H20N2O2S/c1-4-10(7-8(2)3)13(11,12)6-5-9/h8H,4-7,9H2,1-3H3. The zero-order valence-corrected chi connectivity index (χ0v) is 9.47. The summed E-state index contributed by atoms with van der Waals surface area (Å²) in [6.07, 6.45) is 0. The summed E-state index contributed by atoms with van der Waals surface area (Å²) >= 11 is 0. The fraction of sp³-hybridized carbons (Fsp3) is 1.00. The van der Waals surface area contributed by atoms with Crippen LogP contribution >= 0.6 is 0 Å². The number of rotatable bonds is 6. The summed E-state index contributed by atoms with van der Waals surface area (Å²) < 4.78 is 24.6. The van der Waals surface area contributed by atoms with Crippen molar-refractivity contribution in [2.75, 3.05) is 25.4 Å². The third-order valence-corrected chi connectivity index (χ3v) is 3.64. The van der Waals surface area contributed by atoms with Gasteiger partial charge in [-0.1, -0.05) is 20.8 Å². The summed E-state index contributed by atoms with van der Waals surface area (Å²) in [7, 11) is -3.11. The van der Waals surface area contributed by atoms with Crippen LogP contribution in [0, 0.1) is 5.92 Å². The van der Waals surface area contributed by atoms with Gasteiger partial charge < -0.3 is 5.73 Å². The topological polar surface area (TPSA) is 63.4 Å². The molecule has 0 aliphatic rings. The lowest BCUT2D eigenvalue weighted by molar-refractivity contribution is 0.381. The Morgan fingerprint density at radius 1 is 1.38 bits per heavy atom. The molecule has 0 amide bonds. The first-order valence-electron chi connectivity index (χ1n) is 4.62. The molecule has 0 aliphatic carbocycles. The minimum Gasteiger partial charge on any atom is -0.329 e. The lowest BCUT2D eigenvalue weighted by Gasteiger charge is -2.21. The Kier molecular flexibility index (Phi) is 5.51. The van der Waals surface area contributed by atoms with E-state index in [2.05, 4.69) is 0 Å². The third-order valence-electron chi connectivity index (χ3n) is 1.69. The monoisotopic (exact) mass is 208 g/mol. The summed E-state index contributed by atoms with van der Waals surface area (Å²) in [5.41, 5.74) is 5.23. The van der Waals surface area contributed by atoms with Crippen LogP contribution in [0.2, 0.25) is 0 Å². The molecule has 0 aromatic heterocycles. The van der Waals surface area contributed by atoms with Gasteiger partial charge in [-0.05, 0) is 5.92 Å². The lowest BCUT2D eigenvalue weighted by Crippen LogP contribution is -2.37. The number of sulfonamides is 1. The second kappa shape index (κ2) is 5.57. The van der Waals surface area contributed by atoms with Gasteiger partial charge in [0.15, 0.2) is 0 Å². The quantitative estimate of drug-likeness (QED) is 0.680. The van der Waals surface area contributed by atoms with Gasteiger partial charge in [0.1, 0.15) is 0 Å². The van der Waals surface area contributed by atoms with E-state index in [0.29, 0.717) is 19.0 Å². The number of hydrogen-bond acceptors (Lipinski definition) is 3. The Labute approximate surface area is 81.2 Å². The van der Waals surface area contributed by atoms with Gasteiger partial charge in [-0.25, -0.2) is 12.7 Å². The van der Waals surface area contributed by atoms with E-state index in [1.54, 1.807) is 0 Å². The van der Waals surface area contributed by atoms with Gasteiger partial charge in [0.25, 0.3) is 0 Å². The first-order valence-corrected chi connectivity index (χ1v) is 6.22. The summed E-state index contributed by atoms with van der Waals surface area (Å²) in [5.74, 6) is 0.403. The van der Waals surface area contributed by atoms with E-state index in [1.165, 1.54) is 4.31 Å². The fourth-order valence-corrected chi connectivity index (χ4v) is 2.60. The molecular formula is C8H20N2O2S. The van der Waals surface area contributed by atoms with Gasteiger partial charge in [-0.3, -0.25) is 0 Å². The minimum atomic E-state index is -3.11. The molecule has 0 heterocycles. The zero-order valence-electron chi connectivity index (χ0n) is 8.66. The molecule has 0 bridgehead atoms. The van der Waals surface area contributed by atoms with Crippen molar-refractivity contribution in [2.45, 2.75) is 20.8 Å². The Hall–Kier alpha value is -0.130. The number of nitrogens with zero attached hydrogens (tertiary/aromatic N) is 1. The Morgan fingerprint density at radius 3 is 2.23 bits per heavy atom. The molecule has 4 nitrogen and oxygen atoms in total. The Morgan fingerprint density at radius 2 is 1.92 bits per heavy atom. The van der Waals surface area contributed by atoms with E-state index in [4.69, 9.17) is 5.73 Å². The highest BCUT2D eigenvalue weighted by Gasteiger charge is 2.19. The number of hydrogen-bond donors (Lipinski definition) is 1. The molecule has 5 heteroatoms. The van der Waals surface area contributed by atoms with Gasteiger partial charge in [-0.15, -0.1) is 0 Å². The van der Waals surface area contributed by atoms with E-state index in [-0.39, 0.29) is 12.3 Å². The van der Waals surface area contributed by atoms with Crippen molar-refractivity contribution in [1.29, 1.82) is 0 Å². The summed E-state index contributed by atoms with van der Waals surface area (Å²) in [6.45, 7) is 7.15. The Bertz CT molecular complexity index is 224. The van der Waals surface area contributed by atoms with Crippen molar-refractivity contribution in [1.82, 2.24) is 4.31 Å². The van der Waals surface area contributed by atoms with Crippen LogP contribution in [0.3, 0.4) is 0 Å². The molecule has 0 aromatic rings. The fourth-order valence-electron chi connectivity index (χ4n) is 1.12. The highest BCUT2D eigenvalue weighted by atomic mass is 32.2. The molecular weight excluding hydrogens is 188 g/mol. The van der Waals surface area contributed by atoms with Crippen molar-refractivity contribution in [3.05, 3.63) is 0 Å². The van der Waals surface area contributed by atoms with E-state index in [0.717, 1.165) is 0 Å². The maximum absolute atomic E-state index is 11.5. The molecule has 0 fully saturated rings. The molecule has 0 aliphatic heterocycles. The molecule has 0 aromatic carbocycles. The van der Waals surface area contributed by atoms with Crippen LogP contribution in [0.4, 0.5) is 0 Å². The molecule has 2 N–H and O–H groups in total. The SMILES string of the molecule is CCN(CC(C)C)S(=O)(=O)CCN. The molecule has 0 saturated heterocycles. The van der Waals surface area contributed by atoms with Crippen LogP contribution in [0.1, 0.15) is 20.8 Å². The highest BCUT2D eigenvalue weighted by Crippen LogP contribution is 2.05. The maximum Gasteiger partial charge on any atom is 0.215 e. The molecule has 0 spiro atoms. The summed E-state index contributed by atoms with van der Waals surface area (Å²) in [4.78, 5) is 0. The first-order chi connectivity index (χ1) is 5.94. The summed E-state index contributed by atoms with van der Waals surface area (Å²) in [5, 5.41) is 0. The van der Waals surface area contributed by atoms with Gasteiger partial charge >= 0.3 is 0 Å². The molecule has 0 atom stereocenters. The second-order valence-electron chi connectivity index (χ2n) is 3.45. The second-order valence-corrected chi connectivity index (χ2v) is 5.54. The lowest BCUT2D eigenvalue weighted by atomic mass is 10.2. The van der Waals surface area contributed by atoms with Crippen molar-refractivity contribution in [3.63, 3.8) is 0 Å². The average molecular weight is 208 g/mol. The highest BCUT2D eigenvalue weighted by molar-refractivity contribution is 7.89. The van der Waals surface area contributed by atoms with Crippen LogP contribution in [-0.4, -0.2) is 38.1 Å². The average Bonchev–Trinajstić information content (AvgIpc) is 1.99. The third kappa shape index (κ3) is 4.59. The predicted molar refractivity (Wildman–Crippen MR) is 54.9 cm³/mol. The van der Waals surface area contributed by atoms with Crippen LogP contribution < -0.4 is 5.73 Å². The van der Waals surface area contributed by atoms with Crippen LogP contribution in [0.15, 0.2) is 0 Å². The molecule has 13 heavy (non-hydrogen) atoms. The van der Waals surface area contributed by atoms with E-state index >= 15 is 0 Å². The predicted octanol–water partition coefficient (Wildman–Crippen LogP) is 0.253. The molecule has 80 valence electrons. The normalized spacial score (nSPS) is 12.8. The van der Waals surface area contributed by atoms with Gasteiger partial charge in [0.2, 0.25) is 10.0 Å². The minimum absolute atomic E-state index is 0.0492. The zero-order chi connectivity index (χ0) is 10.5. The largest absolute Gasteiger partial charge is 0.329 e. The van der Waals surface area contributed by atoms with Crippen molar-refractivity contribution < 1.29 is 8.42 Å². The maximum atomic E-state index is 11.5. The van der Waals surface area contributed by atoms with E-state index < -0.39 is 10.0 Å². The van der Waals surface area contributed by atoms with E-state index in [9.17, 15) is 8.42 Å². The summed E-state index contributed by atoms with van der Waals surface area (Å²) in [6, 6.07) is 0. The molecule has 0 radical (unpaired) electrons. The van der Waals surface area contributed by atoms with Crippen LogP contribution in [0.25, 0.3) is 0 Å². The van der Waals surface area contributed by atoms with Crippen molar-refractivity contribution in [3.8, 4) is 0 Å². The molecule has 0 saturated carbocycles. The van der Waals surface area contributed by atoms with Crippen LogP contribution in [0.5, 0.6) is 0 Å². The Balaban J connectivity index is 4.38. The smallest absolute Gasteiger partial charge is 0.215 e. The first kappa shape index (κ1) is 12.9. The van der Waals surface area contributed by atoms with Gasteiger partial charge in [-0.2, -0.15) is 0 Å².